The number of anilines is 1. The Hall–Kier alpha value is -1.30. The van der Waals surface area contributed by atoms with Crippen molar-refractivity contribution in [3.05, 3.63) is 44.3 Å². The van der Waals surface area contributed by atoms with Crippen molar-refractivity contribution >= 4 is 46.2 Å². The van der Waals surface area contributed by atoms with E-state index in [2.05, 4.69) is 10.3 Å². The Morgan fingerprint density at radius 3 is 2.83 bits per heavy atom. The first-order valence-electron chi connectivity index (χ1n) is 4.93. The third-order valence-electron chi connectivity index (χ3n) is 2.17. The number of carboxylic acids is 1. The first-order chi connectivity index (χ1) is 8.56. The van der Waals surface area contributed by atoms with Crippen LogP contribution in [0.4, 0.5) is 5.69 Å². The summed E-state index contributed by atoms with van der Waals surface area (Å²) in [6.45, 7) is 0.484. The number of rotatable bonds is 4. The maximum atomic E-state index is 10.9. The van der Waals surface area contributed by atoms with Gasteiger partial charge in [0, 0.05) is 5.69 Å². The maximum Gasteiger partial charge on any atom is 0.337 e. The Morgan fingerprint density at radius 1 is 1.44 bits per heavy atom. The summed E-state index contributed by atoms with van der Waals surface area (Å²) in [6.07, 6.45) is 1.58. The number of nitrogens with zero attached hydrogens (tertiary/aromatic N) is 1. The van der Waals surface area contributed by atoms with Crippen LogP contribution in [-0.2, 0) is 6.54 Å². The molecule has 1 aromatic heterocycles. The third-order valence-corrected chi connectivity index (χ3v) is 3.61. The summed E-state index contributed by atoms with van der Waals surface area (Å²) >= 11 is 12.9. The maximum absolute atomic E-state index is 10.9. The van der Waals surface area contributed by atoms with Crippen LogP contribution in [-0.4, -0.2) is 16.1 Å². The standard InChI is InChI=1S/C11H8Cl2N2O2S/c12-8-2-1-6(3-7(8)11(16)17)14-5-10-15-4-9(13)18-10/h1-4,14H,5H2,(H,16,17). The van der Waals surface area contributed by atoms with Crippen molar-refractivity contribution < 1.29 is 9.90 Å². The predicted octanol–water partition coefficient (Wildman–Crippen LogP) is 3.76. The first-order valence-corrected chi connectivity index (χ1v) is 6.50. The predicted molar refractivity (Wildman–Crippen MR) is 72.9 cm³/mol. The largest absolute Gasteiger partial charge is 0.478 e. The molecule has 4 nitrogen and oxygen atoms in total. The van der Waals surface area contributed by atoms with E-state index in [1.807, 2.05) is 0 Å². The van der Waals surface area contributed by atoms with Gasteiger partial charge in [-0.05, 0) is 18.2 Å². The van der Waals surface area contributed by atoms with Crippen molar-refractivity contribution in [3.63, 3.8) is 0 Å². The fourth-order valence-electron chi connectivity index (χ4n) is 1.35. The number of halogens is 2. The van der Waals surface area contributed by atoms with E-state index < -0.39 is 5.97 Å². The lowest BCUT2D eigenvalue weighted by molar-refractivity contribution is 0.0697. The van der Waals surface area contributed by atoms with E-state index in [-0.39, 0.29) is 10.6 Å². The van der Waals surface area contributed by atoms with E-state index >= 15 is 0 Å². The Labute approximate surface area is 117 Å². The van der Waals surface area contributed by atoms with E-state index in [0.29, 0.717) is 16.6 Å². The number of aromatic carboxylic acids is 1. The van der Waals surface area contributed by atoms with Crippen molar-refractivity contribution in [2.24, 2.45) is 0 Å². The van der Waals surface area contributed by atoms with Gasteiger partial charge in [-0.1, -0.05) is 23.2 Å². The lowest BCUT2D eigenvalue weighted by Gasteiger charge is -2.06. The number of benzene rings is 1. The third kappa shape index (κ3) is 3.13. The fourth-order valence-corrected chi connectivity index (χ4v) is 2.44. The van der Waals surface area contributed by atoms with Gasteiger partial charge < -0.3 is 10.4 Å². The van der Waals surface area contributed by atoms with Gasteiger partial charge in [0.05, 0.1) is 23.3 Å². The van der Waals surface area contributed by atoms with E-state index in [4.69, 9.17) is 28.3 Å². The van der Waals surface area contributed by atoms with Gasteiger partial charge in [-0.15, -0.1) is 11.3 Å². The van der Waals surface area contributed by atoms with E-state index in [0.717, 1.165) is 5.01 Å². The molecule has 0 radical (unpaired) electrons. The molecule has 0 aliphatic carbocycles. The van der Waals surface area contributed by atoms with Crippen molar-refractivity contribution in [2.45, 2.75) is 6.54 Å². The van der Waals surface area contributed by atoms with Gasteiger partial charge in [-0.3, -0.25) is 0 Å². The van der Waals surface area contributed by atoms with Gasteiger partial charge in [-0.25, -0.2) is 9.78 Å². The Kier molecular flexibility index (Phi) is 4.06. The molecule has 2 rings (SSSR count). The summed E-state index contributed by atoms with van der Waals surface area (Å²) in [5.41, 5.74) is 0.738. The van der Waals surface area contributed by atoms with Crippen LogP contribution in [0.3, 0.4) is 0 Å². The highest BCUT2D eigenvalue weighted by Crippen LogP contribution is 2.22. The molecule has 0 fully saturated rings. The van der Waals surface area contributed by atoms with Crippen LogP contribution in [0.15, 0.2) is 24.4 Å². The molecular weight excluding hydrogens is 295 g/mol. The number of carbonyl (C=O) groups is 1. The quantitative estimate of drug-likeness (QED) is 0.902. The van der Waals surface area contributed by atoms with Crippen molar-refractivity contribution in [1.82, 2.24) is 4.98 Å². The van der Waals surface area contributed by atoms with Gasteiger partial charge in [-0.2, -0.15) is 0 Å². The van der Waals surface area contributed by atoms with Gasteiger partial charge in [0.2, 0.25) is 0 Å². The topological polar surface area (TPSA) is 62.2 Å². The number of nitrogens with one attached hydrogen (secondary N) is 1. The summed E-state index contributed by atoms with van der Waals surface area (Å²) < 4.78 is 0.620. The Bertz CT molecular complexity index is 586. The normalized spacial score (nSPS) is 10.3. The summed E-state index contributed by atoms with van der Waals surface area (Å²) in [4.78, 5) is 15.0. The van der Waals surface area contributed by atoms with Crippen LogP contribution in [0.2, 0.25) is 9.36 Å². The summed E-state index contributed by atoms with van der Waals surface area (Å²) in [5, 5.41) is 13.0. The molecular formula is C11H8Cl2N2O2S. The second kappa shape index (κ2) is 5.56. The second-order valence-corrected chi connectivity index (χ2v) is 5.57. The number of hydrogen-bond donors (Lipinski definition) is 2. The zero-order valence-corrected chi connectivity index (χ0v) is 11.3. The van der Waals surface area contributed by atoms with Gasteiger partial charge in [0.15, 0.2) is 0 Å². The average molecular weight is 303 g/mol. The van der Waals surface area contributed by atoms with E-state index in [1.165, 1.54) is 17.4 Å². The highest BCUT2D eigenvalue weighted by Gasteiger charge is 2.09. The Morgan fingerprint density at radius 2 is 2.22 bits per heavy atom. The van der Waals surface area contributed by atoms with Crippen LogP contribution in [0.1, 0.15) is 15.4 Å². The van der Waals surface area contributed by atoms with E-state index in [9.17, 15) is 4.79 Å². The molecule has 0 spiro atoms. The SMILES string of the molecule is O=C(O)c1cc(NCc2ncc(Cl)s2)ccc1Cl. The molecule has 0 aliphatic heterocycles. The lowest BCUT2D eigenvalue weighted by Crippen LogP contribution is -2.02. The van der Waals surface area contributed by atoms with Gasteiger partial charge in [0.1, 0.15) is 9.34 Å². The molecule has 0 saturated carbocycles. The van der Waals surface area contributed by atoms with Gasteiger partial charge in [0.25, 0.3) is 0 Å². The minimum Gasteiger partial charge on any atom is -0.478 e. The highest BCUT2D eigenvalue weighted by molar-refractivity contribution is 7.15. The van der Waals surface area contributed by atoms with E-state index in [1.54, 1.807) is 18.3 Å². The van der Waals surface area contributed by atoms with Crippen LogP contribution in [0, 0.1) is 0 Å². The molecule has 0 bridgehead atoms. The average Bonchev–Trinajstić information content (AvgIpc) is 2.74. The molecule has 0 atom stereocenters. The zero-order chi connectivity index (χ0) is 13.1. The highest BCUT2D eigenvalue weighted by atomic mass is 35.5. The fraction of sp³-hybridized carbons (Fsp3) is 0.0909. The minimum absolute atomic E-state index is 0.0684. The zero-order valence-electron chi connectivity index (χ0n) is 8.98. The first kappa shape index (κ1) is 13.1. The second-order valence-electron chi connectivity index (χ2n) is 3.41. The molecule has 0 saturated heterocycles. The van der Waals surface area contributed by atoms with Crippen molar-refractivity contribution in [1.29, 1.82) is 0 Å². The molecule has 1 heterocycles. The molecule has 2 aromatic rings. The number of thiazole rings is 1. The summed E-state index contributed by atoms with van der Waals surface area (Å²) in [7, 11) is 0. The van der Waals surface area contributed by atoms with Crippen molar-refractivity contribution in [3.8, 4) is 0 Å². The van der Waals surface area contributed by atoms with Crippen molar-refractivity contribution in [2.75, 3.05) is 5.32 Å². The monoisotopic (exact) mass is 302 g/mol. The lowest BCUT2D eigenvalue weighted by atomic mass is 10.2. The smallest absolute Gasteiger partial charge is 0.337 e. The Balaban J connectivity index is 2.10. The molecule has 0 amide bonds. The van der Waals surface area contributed by atoms with Crippen LogP contribution < -0.4 is 5.32 Å². The number of carboxylic acid groups (broad SMARTS) is 1. The minimum atomic E-state index is -1.05. The molecule has 0 aliphatic rings. The number of hydrogen-bond acceptors (Lipinski definition) is 4. The van der Waals surface area contributed by atoms with Crippen LogP contribution in [0.25, 0.3) is 0 Å². The molecule has 18 heavy (non-hydrogen) atoms. The molecule has 7 heteroatoms. The summed E-state index contributed by atoms with van der Waals surface area (Å²) in [5.74, 6) is -1.05. The number of aromatic nitrogens is 1. The van der Waals surface area contributed by atoms with Gasteiger partial charge >= 0.3 is 5.97 Å². The molecule has 1 aromatic carbocycles. The molecule has 0 unspecified atom stereocenters. The molecule has 94 valence electrons. The van der Waals surface area contributed by atoms with Crippen LogP contribution >= 0.6 is 34.5 Å². The molecule has 2 N–H and O–H groups in total. The summed E-state index contributed by atoms with van der Waals surface area (Å²) in [6, 6.07) is 4.74. The van der Waals surface area contributed by atoms with Crippen LogP contribution in [0.5, 0.6) is 0 Å².